The summed E-state index contributed by atoms with van der Waals surface area (Å²) in [5.41, 5.74) is 0. The van der Waals surface area contributed by atoms with E-state index in [0.717, 1.165) is 4.68 Å². The SMILES string of the molecule is COC(=O)c1ccc(Cn2nc(-c3ccco3)oc2=O)o1. The molecule has 8 nitrogen and oxygen atoms in total. The van der Waals surface area contributed by atoms with Crippen LogP contribution >= 0.6 is 0 Å². The van der Waals surface area contributed by atoms with Gasteiger partial charge in [0, 0.05) is 0 Å². The smallest absolute Gasteiger partial charge is 0.437 e. The van der Waals surface area contributed by atoms with Crippen molar-refractivity contribution in [2.75, 3.05) is 7.11 Å². The first kappa shape index (κ1) is 13.0. The van der Waals surface area contributed by atoms with E-state index in [9.17, 15) is 9.59 Å². The van der Waals surface area contributed by atoms with Crippen LogP contribution < -0.4 is 5.76 Å². The van der Waals surface area contributed by atoms with Gasteiger partial charge in [-0.25, -0.2) is 9.59 Å². The Balaban J connectivity index is 1.84. The lowest BCUT2D eigenvalue weighted by Gasteiger charge is -1.95. The third-order valence-corrected chi connectivity index (χ3v) is 2.69. The van der Waals surface area contributed by atoms with Crippen LogP contribution in [-0.4, -0.2) is 22.9 Å². The van der Waals surface area contributed by atoms with E-state index in [1.54, 1.807) is 18.2 Å². The fourth-order valence-electron chi connectivity index (χ4n) is 1.73. The molecule has 0 N–H and O–H groups in total. The quantitative estimate of drug-likeness (QED) is 0.671. The first-order valence-corrected chi connectivity index (χ1v) is 5.96. The summed E-state index contributed by atoms with van der Waals surface area (Å²) < 4.78 is 20.9. The highest BCUT2D eigenvalue weighted by Crippen LogP contribution is 2.16. The number of aromatic nitrogens is 2. The fraction of sp³-hybridized carbons (Fsp3) is 0.154. The molecule has 0 bridgehead atoms. The number of rotatable bonds is 4. The number of ether oxygens (including phenoxy) is 1. The number of methoxy groups -OCH3 is 1. The molecule has 3 aromatic heterocycles. The van der Waals surface area contributed by atoms with Crippen molar-refractivity contribution in [3.8, 4) is 11.7 Å². The Labute approximate surface area is 117 Å². The van der Waals surface area contributed by atoms with E-state index in [1.807, 2.05) is 0 Å². The summed E-state index contributed by atoms with van der Waals surface area (Å²) >= 11 is 0. The molecule has 0 aliphatic heterocycles. The van der Waals surface area contributed by atoms with Gasteiger partial charge in [-0.1, -0.05) is 0 Å². The lowest BCUT2D eigenvalue weighted by molar-refractivity contribution is 0.0562. The van der Waals surface area contributed by atoms with Crippen molar-refractivity contribution in [2.45, 2.75) is 6.54 Å². The minimum Gasteiger partial charge on any atom is -0.463 e. The van der Waals surface area contributed by atoms with Gasteiger partial charge in [0.1, 0.15) is 12.3 Å². The number of hydrogen-bond acceptors (Lipinski definition) is 7. The second kappa shape index (κ2) is 5.16. The summed E-state index contributed by atoms with van der Waals surface area (Å²) in [6.45, 7) is 0.0278. The van der Waals surface area contributed by atoms with Gasteiger partial charge < -0.3 is 18.0 Å². The Morgan fingerprint density at radius 2 is 2.19 bits per heavy atom. The lowest BCUT2D eigenvalue weighted by atomic mass is 10.4. The maximum atomic E-state index is 11.7. The van der Waals surface area contributed by atoms with Crippen LogP contribution in [-0.2, 0) is 11.3 Å². The molecular weight excluding hydrogens is 280 g/mol. The Bertz CT molecular complexity index is 808. The summed E-state index contributed by atoms with van der Waals surface area (Å²) in [6.07, 6.45) is 1.45. The van der Waals surface area contributed by atoms with Gasteiger partial charge in [0.05, 0.1) is 13.4 Å². The molecule has 0 unspecified atom stereocenters. The summed E-state index contributed by atoms with van der Waals surface area (Å²) in [6, 6.07) is 6.29. The molecule has 8 heteroatoms. The third-order valence-electron chi connectivity index (χ3n) is 2.69. The van der Waals surface area contributed by atoms with Crippen LogP contribution in [0.15, 0.2) is 48.6 Å². The predicted octanol–water partition coefficient (Wildman–Crippen LogP) is 1.52. The molecule has 0 aromatic carbocycles. The van der Waals surface area contributed by atoms with E-state index in [-0.39, 0.29) is 18.2 Å². The first-order chi connectivity index (χ1) is 10.2. The van der Waals surface area contributed by atoms with Gasteiger partial charge in [-0.3, -0.25) is 0 Å². The van der Waals surface area contributed by atoms with Crippen LogP contribution in [0.1, 0.15) is 16.3 Å². The van der Waals surface area contributed by atoms with Crippen molar-refractivity contribution in [3.63, 3.8) is 0 Å². The van der Waals surface area contributed by atoms with Gasteiger partial charge in [0.15, 0.2) is 5.76 Å². The molecule has 0 fully saturated rings. The zero-order chi connectivity index (χ0) is 14.8. The van der Waals surface area contributed by atoms with Crippen molar-refractivity contribution in [3.05, 3.63) is 52.6 Å². The highest BCUT2D eigenvalue weighted by molar-refractivity contribution is 5.86. The molecule has 108 valence electrons. The molecule has 0 radical (unpaired) electrons. The Kier molecular flexibility index (Phi) is 3.19. The molecule has 3 aromatic rings. The van der Waals surface area contributed by atoms with Crippen LogP contribution in [0.4, 0.5) is 0 Å². The molecule has 0 aliphatic carbocycles. The molecule has 0 saturated heterocycles. The predicted molar refractivity (Wildman–Crippen MR) is 67.6 cm³/mol. The van der Waals surface area contributed by atoms with Crippen molar-refractivity contribution in [1.29, 1.82) is 0 Å². The highest BCUT2D eigenvalue weighted by Gasteiger charge is 2.15. The van der Waals surface area contributed by atoms with Gasteiger partial charge >= 0.3 is 11.7 Å². The highest BCUT2D eigenvalue weighted by atomic mass is 16.5. The molecule has 21 heavy (non-hydrogen) atoms. The number of esters is 1. The molecule has 3 rings (SSSR count). The van der Waals surface area contributed by atoms with Crippen molar-refractivity contribution >= 4 is 5.97 Å². The average Bonchev–Trinajstić information content (AvgIpc) is 3.20. The van der Waals surface area contributed by atoms with Crippen LogP contribution in [0.2, 0.25) is 0 Å². The van der Waals surface area contributed by atoms with E-state index in [4.69, 9.17) is 13.3 Å². The fourth-order valence-corrected chi connectivity index (χ4v) is 1.73. The summed E-state index contributed by atoms with van der Waals surface area (Å²) in [7, 11) is 1.25. The second-order valence-electron chi connectivity index (χ2n) is 4.07. The summed E-state index contributed by atoms with van der Waals surface area (Å²) in [5, 5.41) is 3.99. The van der Waals surface area contributed by atoms with Crippen molar-refractivity contribution in [1.82, 2.24) is 9.78 Å². The number of hydrogen-bond donors (Lipinski definition) is 0. The van der Waals surface area contributed by atoms with Crippen LogP contribution in [0.5, 0.6) is 0 Å². The van der Waals surface area contributed by atoms with E-state index in [1.165, 1.54) is 19.4 Å². The van der Waals surface area contributed by atoms with E-state index < -0.39 is 11.7 Å². The average molecular weight is 290 g/mol. The number of furan rings is 2. The maximum Gasteiger partial charge on any atom is 0.437 e. The van der Waals surface area contributed by atoms with Gasteiger partial charge in [-0.05, 0) is 24.3 Å². The van der Waals surface area contributed by atoms with Crippen molar-refractivity contribution < 1.29 is 22.8 Å². The largest absolute Gasteiger partial charge is 0.463 e. The monoisotopic (exact) mass is 290 g/mol. The Hall–Kier alpha value is -3.03. The summed E-state index contributed by atoms with van der Waals surface area (Å²) in [4.78, 5) is 23.0. The zero-order valence-electron chi connectivity index (χ0n) is 10.9. The van der Waals surface area contributed by atoms with Crippen LogP contribution in [0, 0.1) is 0 Å². The third kappa shape index (κ3) is 2.50. The minimum absolute atomic E-state index is 0.0278. The normalized spacial score (nSPS) is 10.7. The Morgan fingerprint density at radius 3 is 2.90 bits per heavy atom. The topological polar surface area (TPSA) is 101 Å². The van der Waals surface area contributed by atoms with Gasteiger partial charge in [-0.2, -0.15) is 4.68 Å². The lowest BCUT2D eigenvalue weighted by Crippen LogP contribution is -2.16. The molecule has 0 saturated carbocycles. The minimum atomic E-state index is -0.655. The molecule has 0 spiro atoms. The number of carbonyl (C=O) groups is 1. The number of carbonyl (C=O) groups excluding carboxylic acids is 1. The van der Waals surface area contributed by atoms with Gasteiger partial charge in [0.25, 0.3) is 5.89 Å². The molecule has 0 amide bonds. The van der Waals surface area contributed by atoms with E-state index in [2.05, 4.69) is 9.84 Å². The van der Waals surface area contributed by atoms with Crippen molar-refractivity contribution in [2.24, 2.45) is 0 Å². The zero-order valence-corrected chi connectivity index (χ0v) is 10.9. The summed E-state index contributed by atoms with van der Waals surface area (Å²) in [5.74, 6) is -0.403. The maximum absolute atomic E-state index is 11.7. The number of nitrogens with zero attached hydrogens (tertiary/aromatic N) is 2. The molecule has 0 aliphatic rings. The molecule has 3 heterocycles. The molecular formula is C13H10N2O6. The van der Waals surface area contributed by atoms with E-state index in [0.29, 0.717) is 11.5 Å². The van der Waals surface area contributed by atoms with E-state index >= 15 is 0 Å². The standard InChI is InChI=1S/C13H10N2O6/c1-18-12(16)10-5-4-8(20-10)7-15-13(17)21-11(14-15)9-3-2-6-19-9/h2-6H,7H2,1H3. The van der Waals surface area contributed by atoms with Gasteiger partial charge in [0.2, 0.25) is 5.76 Å². The second-order valence-corrected chi connectivity index (χ2v) is 4.07. The molecule has 0 atom stereocenters. The van der Waals surface area contributed by atoms with Crippen LogP contribution in [0.3, 0.4) is 0 Å². The first-order valence-electron chi connectivity index (χ1n) is 5.96. The van der Waals surface area contributed by atoms with Gasteiger partial charge in [-0.15, -0.1) is 5.10 Å². The Morgan fingerprint density at radius 1 is 1.33 bits per heavy atom. The van der Waals surface area contributed by atoms with Crippen LogP contribution in [0.25, 0.3) is 11.7 Å².